The van der Waals surface area contributed by atoms with Crippen molar-refractivity contribution in [3.63, 3.8) is 0 Å². The van der Waals surface area contributed by atoms with Gasteiger partial charge in [0, 0.05) is 6.92 Å². The average molecular weight is 282 g/mol. The van der Waals surface area contributed by atoms with Gasteiger partial charge in [-0.25, -0.2) is 4.79 Å². The summed E-state index contributed by atoms with van der Waals surface area (Å²) in [5.74, 6) is -0.221. The van der Waals surface area contributed by atoms with Crippen molar-refractivity contribution in [3.8, 4) is 0 Å². The van der Waals surface area contributed by atoms with Gasteiger partial charge in [0.25, 0.3) is 0 Å². The van der Waals surface area contributed by atoms with E-state index in [-0.39, 0.29) is 24.0 Å². The predicted molar refractivity (Wildman–Crippen MR) is 69.6 cm³/mol. The first-order chi connectivity index (χ1) is 9.15. The van der Waals surface area contributed by atoms with Crippen molar-refractivity contribution in [2.24, 2.45) is 0 Å². The first-order valence-electron chi connectivity index (χ1n) is 5.81. The Morgan fingerprint density at radius 3 is 2.79 bits per heavy atom. The summed E-state index contributed by atoms with van der Waals surface area (Å²) >= 11 is 1.45. The predicted octanol–water partition coefficient (Wildman–Crippen LogP) is 1.82. The molecule has 2 atom stereocenters. The van der Waals surface area contributed by atoms with Gasteiger partial charge in [0.2, 0.25) is 6.29 Å². The SMILES string of the molecule is CC(=O)O[C@@H]1CS[C@@H](COC(=O)c2ccccc2)O1. The van der Waals surface area contributed by atoms with Gasteiger partial charge in [-0.05, 0) is 12.1 Å². The summed E-state index contributed by atoms with van der Waals surface area (Å²) in [7, 11) is 0. The fourth-order valence-electron chi connectivity index (χ4n) is 1.57. The van der Waals surface area contributed by atoms with Crippen LogP contribution in [-0.2, 0) is 19.0 Å². The summed E-state index contributed by atoms with van der Waals surface area (Å²) in [5, 5.41) is 0. The molecule has 0 amide bonds. The first kappa shape index (κ1) is 13.9. The maximum Gasteiger partial charge on any atom is 0.338 e. The van der Waals surface area contributed by atoms with Crippen molar-refractivity contribution >= 4 is 23.7 Å². The quantitative estimate of drug-likeness (QED) is 0.785. The minimum absolute atomic E-state index is 0.135. The zero-order valence-corrected chi connectivity index (χ0v) is 11.2. The topological polar surface area (TPSA) is 61.8 Å². The van der Waals surface area contributed by atoms with Crippen molar-refractivity contribution in [2.75, 3.05) is 12.4 Å². The molecule has 1 saturated heterocycles. The van der Waals surface area contributed by atoms with Gasteiger partial charge >= 0.3 is 11.9 Å². The van der Waals surface area contributed by atoms with Crippen molar-refractivity contribution in [2.45, 2.75) is 18.6 Å². The molecule has 1 aromatic rings. The highest BCUT2D eigenvalue weighted by Crippen LogP contribution is 2.26. The second-order valence-electron chi connectivity index (χ2n) is 3.90. The molecule has 0 saturated carbocycles. The van der Waals surface area contributed by atoms with Gasteiger partial charge in [-0.15, -0.1) is 11.8 Å². The van der Waals surface area contributed by atoms with E-state index in [1.165, 1.54) is 18.7 Å². The highest BCUT2D eigenvalue weighted by molar-refractivity contribution is 8.00. The van der Waals surface area contributed by atoms with Crippen LogP contribution in [0.4, 0.5) is 0 Å². The van der Waals surface area contributed by atoms with Crippen LogP contribution in [0.5, 0.6) is 0 Å². The van der Waals surface area contributed by atoms with Crippen LogP contribution in [0.25, 0.3) is 0 Å². The zero-order valence-electron chi connectivity index (χ0n) is 10.4. The molecule has 1 aliphatic heterocycles. The summed E-state index contributed by atoms with van der Waals surface area (Å²) in [6, 6.07) is 8.75. The summed E-state index contributed by atoms with van der Waals surface area (Å²) in [4.78, 5) is 22.4. The van der Waals surface area contributed by atoms with Gasteiger partial charge in [-0.3, -0.25) is 4.79 Å². The molecule has 1 aromatic carbocycles. The van der Waals surface area contributed by atoms with Crippen molar-refractivity contribution in [1.29, 1.82) is 0 Å². The molecule has 5 nitrogen and oxygen atoms in total. The molecule has 19 heavy (non-hydrogen) atoms. The van der Waals surface area contributed by atoms with Crippen LogP contribution in [0.15, 0.2) is 30.3 Å². The molecule has 0 spiro atoms. The number of esters is 2. The Morgan fingerprint density at radius 1 is 1.37 bits per heavy atom. The number of thioether (sulfide) groups is 1. The van der Waals surface area contributed by atoms with E-state index in [1.54, 1.807) is 24.3 Å². The van der Waals surface area contributed by atoms with E-state index in [1.807, 2.05) is 6.07 Å². The average Bonchev–Trinajstić information content (AvgIpc) is 2.84. The third-order valence-corrected chi connectivity index (χ3v) is 3.46. The Morgan fingerprint density at radius 2 is 2.11 bits per heavy atom. The molecule has 0 unspecified atom stereocenters. The van der Waals surface area contributed by atoms with Crippen LogP contribution >= 0.6 is 11.8 Å². The molecular weight excluding hydrogens is 268 g/mol. The molecule has 0 N–H and O–H groups in total. The fourth-order valence-corrected chi connectivity index (χ4v) is 2.45. The molecular formula is C13H14O5S. The number of ether oxygens (including phenoxy) is 3. The second kappa shape index (κ2) is 6.58. The van der Waals surface area contributed by atoms with Crippen LogP contribution in [0, 0.1) is 0 Å². The lowest BCUT2D eigenvalue weighted by atomic mass is 10.2. The molecule has 1 aliphatic rings. The normalized spacial score (nSPS) is 21.9. The van der Waals surface area contributed by atoms with Gasteiger partial charge in [0.15, 0.2) is 0 Å². The van der Waals surface area contributed by atoms with E-state index >= 15 is 0 Å². The van der Waals surface area contributed by atoms with Gasteiger partial charge in [-0.2, -0.15) is 0 Å². The van der Waals surface area contributed by atoms with E-state index in [0.29, 0.717) is 11.3 Å². The Kier molecular flexibility index (Phi) is 4.81. The van der Waals surface area contributed by atoms with E-state index in [9.17, 15) is 9.59 Å². The van der Waals surface area contributed by atoms with Crippen LogP contribution < -0.4 is 0 Å². The highest BCUT2D eigenvalue weighted by atomic mass is 32.2. The molecule has 2 rings (SSSR count). The van der Waals surface area contributed by atoms with Gasteiger partial charge in [0.05, 0.1) is 11.3 Å². The first-order valence-corrected chi connectivity index (χ1v) is 6.86. The summed E-state index contributed by atoms with van der Waals surface area (Å²) in [6.07, 6.45) is -0.553. The van der Waals surface area contributed by atoms with Gasteiger partial charge < -0.3 is 14.2 Å². The molecule has 1 fully saturated rings. The fraction of sp³-hybridized carbons (Fsp3) is 0.385. The molecule has 0 bridgehead atoms. The lowest BCUT2D eigenvalue weighted by Crippen LogP contribution is -2.22. The number of carbonyl (C=O) groups is 2. The maximum atomic E-state index is 11.7. The Hall–Kier alpha value is -1.53. The molecule has 102 valence electrons. The van der Waals surface area contributed by atoms with Crippen LogP contribution in [0.2, 0.25) is 0 Å². The largest absolute Gasteiger partial charge is 0.458 e. The molecule has 6 heteroatoms. The number of hydrogen-bond donors (Lipinski definition) is 0. The molecule has 0 aliphatic carbocycles. The number of rotatable bonds is 4. The molecule has 0 aromatic heterocycles. The van der Waals surface area contributed by atoms with Crippen molar-refractivity contribution < 1.29 is 23.8 Å². The third-order valence-electron chi connectivity index (χ3n) is 2.38. The van der Waals surface area contributed by atoms with E-state index < -0.39 is 6.29 Å². The lowest BCUT2D eigenvalue weighted by molar-refractivity contribution is -0.172. The van der Waals surface area contributed by atoms with E-state index in [4.69, 9.17) is 14.2 Å². The smallest absolute Gasteiger partial charge is 0.338 e. The molecule has 0 radical (unpaired) electrons. The standard InChI is InChI=1S/C13H14O5S/c1-9(14)17-11-8-19-12(18-11)7-16-13(15)10-5-3-2-4-6-10/h2-6,11-12H,7-8H2,1H3/t11-,12-/m0/s1. The second-order valence-corrected chi connectivity index (χ2v) is 5.09. The zero-order chi connectivity index (χ0) is 13.7. The minimum atomic E-state index is -0.553. The van der Waals surface area contributed by atoms with Gasteiger partial charge in [0.1, 0.15) is 12.0 Å². The Labute approximate surface area is 115 Å². The molecule has 1 heterocycles. The minimum Gasteiger partial charge on any atom is -0.458 e. The maximum absolute atomic E-state index is 11.7. The van der Waals surface area contributed by atoms with Crippen LogP contribution in [0.3, 0.4) is 0 Å². The van der Waals surface area contributed by atoms with Gasteiger partial charge in [-0.1, -0.05) is 18.2 Å². The summed E-state index contributed by atoms with van der Waals surface area (Å²) in [6.45, 7) is 1.47. The third kappa shape index (κ3) is 4.25. The van der Waals surface area contributed by atoms with E-state index in [0.717, 1.165) is 0 Å². The monoisotopic (exact) mass is 282 g/mol. The van der Waals surface area contributed by atoms with Crippen molar-refractivity contribution in [1.82, 2.24) is 0 Å². The Balaban J connectivity index is 1.75. The summed E-state index contributed by atoms with van der Waals surface area (Å²) in [5.41, 5.74) is 0.207. The van der Waals surface area contributed by atoms with Crippen LogP contribution in [-0.4, -0.2) is 36.0 Å². The van der Waals surface area contributed by atoms with Crippen molar-refractivity contribution in [3.05, 3.63) is 35.9 Å². The lowest BCUT2D eigenvalue weighted by Gasteiger charge is -2.12. The summed E-state index contributed by atoms with van der Waals surface area (Å²) < 4.78 is 15.5. The number of carbonyl (C=O) groups excluding carboxylic acids is 2. The van der Waals surface area contributed by atoms with E-state index in [2.05, 4.69) is 0 Å². The Bertz CT molecular complexity index is 448. The number of benzene rings is 1. The number of hydrogen-bond acceptors (Lipinski definition) is 6. The van der Waals surface area contributed by atoms with Crippen LogP contribution in [0.1, 0.15) is 17.3 Å². The highest BCUT2D eigenvalue weighted by Gasteiger charge is 2.29.